The van der Waals surface area contributed by atoms with Crippen LogP contribution in [0.2, 0.25) is 0 Å². The Hall–Kier alpha value is -3.55. The number of amidine groups is 1. The van der Waals surface area contributed by atoms with Crippen LogP contribution in [-0.2, 0) is 0 Å². The third-order valence-electron chi connectivity index (χ3n) is 3.59. The Kier molecular flexibility index (Phi) is 4.02. The molecule has 0 bridgehead atoms. The smallest absolute Gasteiger partial charge is 0.259 e. The maximum absolute atomic E-state index is 12.6. The molecule has 0 unspecified atom stereocenters. The fraction of sp³-hybridized carbons (Fsp3) is 0.0625. The highest BCUT2D eigenvalue weighted by Gasteiger charge is 2.14. The zero-order chi connectivity index (χ0) is 17.1. The molecule has 8 nitrogen and oxygen atoms in total. The zero-order valence-corrected chi connectivity index (χ0v) is 12.9. The normalized spacial score (nSPS) is 11.0. The number of carbonyl (C=O) groups excluding carboxylic acids is 1. The van der Waals surface area contributed by atoms with Gasteiger partial charge in [0.2, 0.25) is 0 Å². The van der Waals surface area contributed by atoms with Gasteiger partial charge in [0.15, 0.2) is 5.84 Å². The number of pyridine rings is 1. The molecule has 120 valence electrons. The van der Waals surface area contributed by atoms with E-state index in [0.717, 1.165) is 5.56 Å². The van der Waals surface area contributed by atoms with Gasteiger partial charge in [0.1, 0.15) is 0 Å². The molecule has 0 fully saturated rings. The molecule has 2 aromatic heterocycles. The van der Waals surface area contributed by atoms with Crippen molar-refractivity contribution in [2.75, 3.05) is 5.32 Å². The van der Waals surface area contributed by atoms with Crippen LogP contribution >= 0.6 is 0 Å². The summed E-state index contributed by atoms with van der Waals surface area (Å²) in [7, 11) is 0. The fourth-order valence-electron chi connectivity index (χ4n) is 2.32. The van der Waals surface area contributed by atoms with Crippen molar-refractivity contribution in [3.05, 3.63) is 65.5 Å². The van der Waals surface area contributed by atoms with Gasteiger partial charge in [0, 0.05) is 17.4 Å². The molecule has 0 aliphatic heterocycles. The summed E-state index contributed by atoms with van der Waals surface area (Å²) in [6.45, 7) is 1.86. The first-order valence-electron chi connectivity index (χ1n) is 7.14. The van der Waals surface area contributed by atoms with E-state index in [9.17, 15) is 4.79 Å². The van der Waals surface area contributed by atoms with Gasteiger partial charge in [-0.2, -0.15) is 5.10 Å². The van der Waals surface area contributed by atoms with Gasteiger partial charge in [-0.25, -0.2) is 4.52 Å². The first kappa shape index (κ1) is 15.3. The van der Waals surface area contributed by atoms with E-state index in [2.05, 4.69) is 20.8 Å². The summed E-state index contributed by atoms with van der Waals surface area (Å²) in [4.78, 5) is 12.6. The highest BCUT2D eigenvalue weighted by molar-refractivity contribution is 6.09. The molecule has 0 atom stereocenters. The van der Waals surface area contributed by atoms with Gasteiger partial charge in [0.25, 0.3) is 5.91 Å². The summed E-state index contributed by atoms with van der Waals surface area (Å²) >= 11 is 0. The van der Waals surface area contributed by atoms with E-state index in [0.29, 0.717) is 22.3 Å². The summed E-state index contributed by atoms with van der Waals surface area (Å²) in [5.74, 6) is 4.62. The minimum absolute atomic E-state index is 0.0796. The van der Waals surface area contributed by atoms with E-state index >= 15 is 0 Å². The number of carbonyl (C=O) groups is 1. The van der Waals surface area contributed by atoms with Gasteiger partial charge < -0.3 is 11.2 Å². The highest BCUT2D eigenvalue weighted by atomic mass is 16.1. The minimum atomic E-state index is -0.275. The molecule has 4 N–H and O–H groups in total. The molecule has 1 amide bonds. The molecule has 8 heteroatoms. The topological polar surface area (TPSA) is 121 Å². The number of hydrogen-bond acceptors (Lipinski definition) is 4. The standard InChI is InChI=1S/C16H15N7O/c1-10-5-6-11(15(17)21-22-18)8-13(10)20-16(24)12-9-19-23-7-3-2-4-14(12)23/h2-9H,1H3,(H,20,24)(H3,17,18,21). The van der Waals surface area contributed by atoms with E-state index in [1.54, 1.807) is 28.9 Å². The number of aromatic nitrogens is 2. The third-order valence-corrected chi connectivity index (χ3v) is 3.59. The molecule has 0 aliphatic carbocycles. The van der Waals surface area contributed by atoms with Crippen LogP contribution in [0, 0.1) is 12.3 Å². The lowest BCUT2D eigenvalue weighted by Crippen LogP contribution is -2.13. The molecule has 3 rings (SSSR count). The van der Waals surface area contributed by atoms with E-state index in [1.807, 2.05) is 25.1 Å². The Morgan fingerprint density at radius 3 is 2.96 bits per heavy atom. The van der Waals surface area contributed by atoms with Crippen LogP contribution in [0.15, 0.2) is 59.1 Å². The Morgan fingerprint density at radius 1 is 1.33 bits per heavy atom. The van der Waals surface area contributed by atoms with Crippen LogP contribution in [-0.4, -0.2) is 21.4 Å². The van der Waals surface area contributed by atoms with Crippen molar-refractivity contribution in [2.45, 2.75) is 6.92 Å². The Bertz CT molecular complexity index is 958. The lowest BCUT2D eigenvalue weighted by molar-refractivity contribution is 0.102. The zero-order valence-electron chi connectivity index (χ0n) is 12.9. The fourth-order valence-corrected chi connectivity index (χ4v) is 2.32. The summed E-state index contributed by atoms with van der Waals surface area (Å²) in [6.07, 6.45) is 3.30. The molecule has 1 aromatic carbocycles. The number of rotatable bonds is 3. The molecular formula is C16H15N7O. The maximum atomic E-state index is 12.6. The number of fused-ring (bicyclic) bond motifs is 1. The second kappa shape index (κ2) is 6.29. The Morgan fingerprint density at radius 2 is 2.17 bits per heavy atom. The molecule has 3 aromatic rings. The summed E-state index contributed by atoms with van der Waals surface area (Å²) in [5, 5.41) is 21.4. The number of hydrogen-bond donors (Lipinski definition) is 3. The molecular weight excluding hydrogens is 306 g/mol. The van der Waals surface area contributed by atoms with Crippen molar-refractivity contribution in [3.63, 3.8) is 0 Å². The van der Waals surface area contributed by atoms with Crippen molar-refractivity contribution < 1.29 is 4.79 Å². The monoisotopic (exact) mass is 321 g/mol. The van der Waals surface area contributed by atoms with Crippen LogP contribution in [0.5, 0.6) is 0 Å². The van der Waals surface area contributed by atoms with Crippen LogP contribution in [0.3, 0.4) is 0 Å². The van der Waals surface area contributed by atoms with E-state index in [-0.39, 0.29) is 11.7 Å². The number of benzene rings is 1. The lowest BCUT2D eigenvalue weighted by Gasteiger charge is -2.09. The predicted molar refractivity (Wildman–Crippen MR) is 90.2 cm³/mol. The summed E-state index contributed by atoms with van der Waals surface area (Å²) in [6, 6.07) is 10.7. The van der Waals surface area contributed by atoms with Gasteiger partial charge in [0.05, 0.1) is 17.3 Å². The molecule has 0 saturated heterocycles. The molecule has 0 aliphatic rings. The minimum Gasteiger partial charge on any atom is -0.322 e. The van der Waals surface area contributed by atoms with Crippen molar-refractivity contribution in [2.24, 2.45) is 16.2 Å². The molecule has 24 heavy (non-hydrogen) atoms. The first-order valence-corrected chi connectivity index (χ1v) is 7.14. The number of aryl methyl sites for hydroxylation is 1. The Labute approximate surface area is 137 Å². The maximum Gasteiger partial charge on any atom is 0.259 e. The highest BCUT2D eigenvalue weighted by Crippen LogP contribution is 2.20. The lowest BCUT2D eigenvalue weighted by atomic mass is 10.1. The predicted octanol–water partition coefficient (Wildman–Crippen LogP) is 2.55. The van der Waals surface area contributed by atoms with Crippen molar-refractivity contribution in [3.8, 4) is 0 Å². The first-order chi connectivity index (χ1) is 11.6. The number of nitrogens with one attached hydrogen (secondary N) is 2. The number of anilines is 1. The molecule has 0 radical (unpaired) electrons. The van der Waals surface area contributed by atoms with Crippen LogP contribution in [0.4, 0.5) is 5.69 Å². The van der Waals surface area contributed by atoms with Gasteiger partial charge in [-0.05, 0) is 30.7 Å². The SMILES string of the molecule is Cc1ccc(C(=N)N=NN)cc1NC(=O)c1cnn2ccccc12. The van der Waals surface area contributed by atoms with Crippen LogP contribution in [0.1, 0.15) is 21.5 Å². The molecule has 0 spiro atoms. The largest absolute Gasteiger partial charge is 0.322 e. The molecule has 0 saturated carbocycles. The van der Waals surface area contributed by atoms with Gasteiger partial charge in [-0.3, -0.25) is 10.2 Å². The van der Waals surface area contributed by atoms with Gasteiger partial charge >= 0.3 is 0 Å². The van der Waals surface area contributed by atoms with Crippen molar-refractivity contribution in [1.82, 2.24) is 9.61 Å². The number of nitrogens with zero attached hydrogens (tertiary/aromatic N) is 4. The average Bonchev–Trinajstić information content (AvgIpc) is 3.01. The summed E-state index contributed by atoms with van der Waals surface area (Å²) < 4.78 is 1.63. The number of nitrogens with two attached hydrogens (primary N) is 1. The Balaban J connectivity index is 1.91. The third kappa shape index (κ3) is 2.84. The van der Waals surface area contributed by atoms with Crippen LogP contribution in [0.25, 0.3) is 5.52 Å². The van der Waals surface area contributed by atoms with Gasteiger partial charge in [-0.1, -0.05) is 23.4 Å². The quantitative estimate of drug-likeness (QED) is 0.226. The van der Waals surface area contributed by atoms with Crippen molar-refractivity contribution in [1.29, 1.82) is 5.41 Å². The van der Waals surface area contributed by atoms with E-state index in [1.165, 1.54) is 6.20 Å². The van der Waals surface area contributed by atoms with Gasteiger partial charge in [-0.15, -0.1) is 5.11 Å². The van der Waals surface area contributed by atoms with Crippen LogP contribution < -0.4 is 11.2 Å². The second-order valence-electron chi connectivity index (χ2n) is 5.14. The van der Waals surface area contributed by atoms with E-state index < -0.39 is 0 Å². The second-order valence-corrected chi connectivity index (χ2v) is 5.14. The number of amides is 1. The average molecular weight is 321 g/mol. The van der Waals surface area contributed by atoms with Crippen molar-refractivity contribution >= 4 is 22.9 Å². The van der Waals surface area contributed by atoms with E-state index in [4.69, 9.17) is 11.3 Å². The molecule has 2 heterocycles. The summed E-state index contributed by atoms with van der Waals surface area (Å²) in [5.41, 5.74) is 3.14.